The number of fused-ring (bicyclic) bond motifs is 1. The quantitative estimate of drug-likeness (QED) is 0.266. The molecule has 1 atom stereocenters. The van der Waals surface area contributed by atoms with Crippen LogP contribution in [0, 0.1) is 17.0 Å². The highest BCUT2D eigenvalue weighted by Crippen LogP contribution is 2.28. The highest BCUT2D eigenvalue weighted by atomic mass is 16.6. The zero-order chi connectivity index (χ0) is 22.7. The average Bonchev–Trinajstić information content (AvgIpc) is 3.23. The number of anilines is 1. The summed E-state index contributed by atoms with van der Waals surface area (Å²) in [5, 5.41) is 21.2. The number of para-hydroxylation sites is 1. The summed E-state index contributed by atoms with van der Waals surface area (Å²) in [6.45, 7) is 1.71. The molecule has 0 spiro atoms. The minimum atomic E-state index is -1.35. The molecule has 160 valence electrons. The van der Waals surface area contributed by atoms with Crippen LogP contribution in [0.15, 0.2) is 72.8 Å². The first-order valence-electron chi connectivity index (χ1n) is 9.69. The Morgan fingerprint density at radius 2 is 1.78 bits per heavy atom. The zero-order valence-corrected chi connectivity index (χ0v) is 16.9. The van der Waals surface area contributed by atoms with Gasteiger partial charge in [-0.2, -0.15) is 5.10 Å². The van der Waals surface area contributed by atoms with Crippen molar-refractivity contribution < 1.29 is 19.2 Å². The summed E-state index contributed by atoms with van der Waals surface area (Å²) < 4.78 is 5.54. The Morgan fingerprint density at radius 3 is 2.53 bits per heavy atom. The van der Waals surface area contributed by atoms with Crippen LogP contribution in [0.3, 0.4) is 0 Å². The molecule has 0 aliphatic carbocycles. The molecule has 1 heterocycles. The van der Waals surface area contributed by atoms with Crippen LogP contribution >= 0.6 is 0 Å². The van der Waals surface area contributed by atoms with Gasteiger partial charge in [-0.3, -0.25) is 20.0 Å². The van der Waals surface area contributed by atoms with Crippen LogP contribution in [0.4, 0.5) is 11.4 Å². The van der Waals surface area contributed by atoms with Crippen LogP contribution in [0.5, 0.6) is 0 Å². The lowest BCUT2D eigenvalue weighted by Gasteiger charge is -2.18. The van der Waals surface area contributed by atoms with Gasteiger partial charge in [-0.15, -0.1) is 0 Å². The third-order valence-electron chi connectivity index (χ3n) is 4.84. The number of ether oxygens (including phenoxy) is 1. The predicted molar refractivity (Wildman–Crippen MR) is 117 cm³/mol. The number of esters is 1. The SMILES string of the molecule is Cc1ccc(NC(=O)C(OC(=O)c2n[nH]c3ccccc23)c2ccccc2)c([N+](=O)[O-])c1. The smallest absolute Gasteiger partial charge is 0.360 e. The number of H-pyrrole nitrogens is 1. The van der Waals surface area contributed by atoms with Crippen molar-refractivity contribution in [3.05, 3.63) is 99.7 Å². The molecule has 1 unspecified atom stereocenters. The normalized spacial score (nSPS) is 11.7. The van der Waals surface area contributed by atoms with Crippen molar-refractivity contribution in [1.82, 2.24) is 10.2 Å². The average molecular weight is 430 g/mol. The third-order valence-corrected chi connectivity index (χ3v) is 4.84. The van der Waals surface area contributed by atoms with Crippen molar-refractivity contribution in [3.8, 4) is 0 Å². The molecule has 1 amide bonds. The van der Waals surface area contributed by atoms with Crippen LogP contribution in [0.25, 0.3) is 10.9 Å². The number of hydrogen-bond donors (Lipinski definition) is 2. The Balaban J connectivity index is 1.65. The number of carbonyl (C=O) groups is 2. The van der Waals surface area contributed by atoms with Gasteiger partial charge in [0.1, 0.15) is 5.69 Å². The summed E-state index contributed by atoms with van der Waals surface area (Å²) in [5.74, 6) is -1.53. The van der Waals surface area contributed by atoms with Crippen LogP contribution in [-0.4, -0.2) is 27.0 Å². The number of aryl methyl sites for hydroxylation is 1. The number of nitro groups is 1. The molecule has 0 fully saturated rings. The standard InChI is InChI=1S/C23H18N4O5/c1-14-11-12-18(19(13-14)27(30)31)24-22(28)21(15-7-3-2-4-8-15)32-23(29)20-16-9-5-6-10-17(16)25-26-20/h2-13,21H,1H3,(H,24,28)(H,25,26). The second kappa shape index (κ2) is 8.68. The van der Waals surface area contributed by atoms with E-state index < -0.39 is 22.9 Å². The van der Waals surface area contributed by atoms with Gasteiger partial charge in [0.25, 0.3) is 11.6 Å². The molecular formula is C23H18N4O5. The number of nitro benzene ring substituents is 1. The van der Waals surface area contributed by atoms with E-state index in [9.17, 15) is 19.7 Å². The van der Waals surface area contributed by atoms with Gasteiger partial charge in [-0.1, -0.05) is 54.6 Å². The van der Waals surface area contributed by atoms with Gasteiger partial charge in [0, 0.05) is 17.0 Å². The molecule has 0 aliphatic rings. The monoisotopic (exact) mass is 430 g/mol. The van der Waals surface area contributed by atoms with Gasteiger partial charge in [-0.05, 0) is 24.6 Å². The Kier molecular flexibility index (Phi) is 5.63. The second-order valence-corrected chi connectivity index (χ2v) is 7.08. The lowest BCUT2D eigenvalue weighted by molar-refractivity contribution is -0.384. The van der Waals surface area contributed by atoms with E-state index in [1.54, 1.807) is 67.6 Å². The predicted octanol–water partition coefficient (Wildman–Crippen LogP) is 4.32. The largest absolute Gasteiger partial charge is 0.442 e. The van der Waals surface area contributed by atoms with Gasteiger partial charge in [0.2, 0.25) is 6.10 Å². The Morgan fingerprint density at radius 1 is 1.06 bits per heavy atom. The summed E-state index contributed by atoms with van der Waals surface area (Å²) in [4.78, 5) is 36.8. The second-order valence-electron chi connectivity index (χ2n) is 7.08. The number of rotatable bonds is 6. The summed E-state index contributed by atoms with van der Waals surface area (Å²) >= 11 is 0. The summed E-state index contributed by atoms with van der Waals surface area (Å²) in [6.07, 6.45) is -1.35. The zero-order valence-electron chi connectivity index (χ0n) is 16.9. The topological polar surface area (TPSA) is 127 Å². The molecule has 0 bridgehead atoms. The minimum Gasteiger partial charge on any atom is -0.442 e. The molecular weight excluding hydrogens is 412 g/mol. The third kappa shape index (κ3) is 4.17. The molecule has 9 heteroatoms. The molecule has 32 heavy (non-hydrogen) atoms. The van der Waals surface area contributed by atoms with Crippen LogP contribution in [-0.2, 0) is 9.53 Å². The van der Waals surface area contributed by atoms with E-state index in [1.807, 2.05) is 0 Å². The molecule has 4 aromatic rings. The number of aromatic amines is 1. The first-order chi connectivity index (χ1) is 15.4. The number of nitrogens with one attached hydrogen (secondary N) is 2. The van der Waals surface area contributed by atoms with E-state index in [0.717, 1.165) is 0 Å². The fourth-order valence-electron chi connectivity index (χ4n) is 3.28. The maximum Gasteiger partial charge on any atom is 0.360 e. The van der Waals surface area contributed by atoms with Crippen molar-refractivity contribution in [2.24, 2.45) is 0 Å². The van der Waals surface area contributed by atoms with E-state index in [-0.39, 0.29) is 17.1 Å². The molecule has 0 saturated carbocycles. The first kappa shape index (κ1) is 20.7. The van der Waals surface area contributed by atoms with E-state index in [4.69, 9.17) is 4.74 Å². The van der Waals surface area contributed by atoms with E-state index in [2.05, 4.69) is 15.5 Å². The van der Waals surface area contributed by atoms with Crippen molar-refractivity contribution in [3.63, 3.8) is 0 Å². The van der Waals surface area contributed by atoms with Crippen molar-refractivity contribution in [2.75, 3.05) is 5.32 Å². The Labute approximate surface area is 182 Å². The van der Waals surface area contributed by atoms with Gasteiger partial charge >= 0.3 is 5.97 Å². The molecule has 3 aromatic carbocycles. The maximum absolute atomic E-state index is 13.1. The van der Waals surface area contributed by atoms with Gasteiger partial charge in [0.15, 0.2) is 5.69 Å². The molecule has 9 nitrogen and oxygen atoms in total. The van der Waals surface area contributed by atoms with Gasteiger partial charge < -0.3 is 10.1 Å². The lowest BCUT2D eigenvalue weighted by Crippen LogP contribution is -2.26. The summed E-state index contributed by atoms with van der Waals surface area (Å²) in [7, 11) is 0. The van der Waals surface area contributed by atoms with Crippen LogP contribution in [0.1, 0.15) is 27.7 Å². The van der Waals surface area contributed by atoms with E-state index in [0.29, 0.717) is 22.0 Å². The fraction of sp³-hybridized carbons (Fsp3) is 0.0870. The first-order valence-corrected chi connectivity index (χ1v) is 9.69. The van der Waals surface area contributed by atoms with E-state index in [1.165, 1.54) is 12.1 Å². The summed E-state index contributed by atoms with van der Waals surface area (Å²) in [6, 6.07) is 19.9. The van der Waals surface area contributed by atoms with Crippen molar-refractivity contribution in [2.45, 2.75) is 13.0 Å². The number of hydrogen-bond acceptors (Lipinski definition) is 6. The molecule has 4 rings (SSSR count). The van der Waals surface area contributed by atoms with E-state index >= 15 is 0 Å². The van der Waals surface area contributed by atoms with Crippen molar-refractivity contribution in [1.29, 1.82) is 0 Å². The molecule has 0 aliphatic heterocycles. The summed E-state index contributed by atoms with van der Waals surface area (Å²) in [5.41, 5.74) is 1.52. The number of amides is 1. The number of nitrogens with zero attached hydrogens (tertiary/aromatic N) is 2. The maximum atomic E-state index is 13.1. The van der Waals surface area contributed by atoms with Crippen LogP contribution in [0.2, 0.25) is 0 Å². The highest BCUT2D eigenvalue weighted by molar-refractivity contribution is 6.04. The number of aromatic nitrogens is 2. The fourth-order valence-corrected chi connectivity index (χ4v) is 3.28. The van der Waals surface area contributed by atoms with Crippen molar-refractivity contribution >= 4 is 34.2 Å². The Hall–Kier alpha value is -4.53. The molecule has 1 aromatic heterocycles. The highest BCUT2D eigenvalue weighted by Gasteiger charge is 2.29. The minimum absolute atomic E-state index is 0.00722. The lowest BCUT2D eigenvalue weighted by atomic mass is 10.1. The molecule has 0 saturated heterocycles. The Bertz CT molecular complexity index is 1320. The van der Waals surface area contributed by atoms with Gasteiger partial charge in [0.05, 0.1) is 10.4 Å². The molecule has 2 N–H and O–H groups in total. The molecule has 0 radical (unpaired) electrons. The van der Waals surface area contributed by atoms with Gasteiger partial charge in [-0.25, -0.2) is 4.79 Å². The number of benzene rings is 3. The van der Waals surface area contributed by atoms with Crippen LogP contribution < -0.4 is 5.32 Å². The number of carbonyl (C=O) groups excluding carboxylic acids is 2.